The Morgan fingerprint density at radius 2 is 1.93 bits per heavy atom. The van der Waals surface area contributed by atoms with Crippen LogP contribution in [0.5, 0.6) is 0 Å². The van der Waals surface area contributed by atoms with Crippen molar-refractivity contribution in [2.24, 2.45) is 0 Å². The number of carbonyl (C=O) groups is 2. The number of nitrogens with zero attached hydrogens (tertiary/aromatic N) is 2. The second kappa shape index (κ2) is 7.35. The molecular weight excluding hydrogens is 433 g/mol. The van der Waals surface area contributed by atoms with E-state index in [0.29, 0.717) is 22.7 Å². The molecule has 0 unspecified atom stereocenters. The highest BCUT2D eigenvalue weighted by atomic mass is 79.9. The molecule has 2 aromatic heterocycles. The number of benzene rings is 1. The van der Waals surface area contributed by atoms with E-state index in [1.165, 1.54) is 12.1 Å². The Balaban J connectivity index is 1.64. The number of aromatic nitrogens is 3. The van der Waals surface area contributed by atoms with Gasteiger partial charge >= 0.3 is 12.1 Å². The summed E-state index contributed by atoms with van der Waals surface area (Å²) in [4.78, 5) is 33.8. The smallest absolute Gasteiger partial charge is 0.449 e. The van der Waals surface area contributed by atoms with Crippen LogP contribution < -0.4 is 5.32 Å². The van der Waals surface area contributed by atoms with Crippen molar-refractivity contribution in [3.05, 3.63) is 41.0 Å². The van der Waals surface area contributed by atoms with E-state index >= 15 is 0 Å². The average Bonchev–Trinajstić information content (AvgIpc) is 3.02. The number of rotatable bonds is 4. The third-order valence-electron chi connectivity index (χ3n) is 3.31. The molecule has 3 aromatic rings. The lowest BCUT2D eigenvalue weighted by Gasteiger charge is -2.08. The van der Waals surface area contributed by atoms with Gasteiger partial charge in [-0.25, -0.2) is 14.8 Å². The van der Waals surface area contributed by atoms with E-state index in [4.69, 9.17) is 0 Å². The van der Waals surface area contributed by atoms with Gasteiger partial charge in [-0.15, -0.1) is 0 Å². The van der Waals surface area contributed by atoms with E-state index in [-0.39, 0.29) is 0 Å². The van der Waals surface area contributed by atoms with E-state index in [9.17, 15) is 22.8 Å². The predicted octanol–water partition coefficient (Wildman–Crippen LogP) is 3.43. The van der Waals surface area contributed by atoms with Gasteiger partial charge in [-0.1, -0.05) is 0 Å². The van der Waals surface area contributed by atoms with Crippen molar-refractivity contribution in [1.82, 2.24) is 15.0 Å². The molecule has 2 heterocycles. The van der Waals surface area contributed by atoms with Crippen LogP contribution >= 0.6 is 15.9 Å². The highest BCUT2D eigenvalue weighted by molar-refractivity contribution is 9.10. The van der Waals surface area contributed by atoms with E-state index in [0.717, 1.165) is 9.99 Å². The normalized spacial score (nSPS) is 11.4. The number of hydrogen-bond donors (Lipinski definition) is 2. The Bertz CT molecular complexity index is 1000. The third kappa shape index (κ3) is 4.61. The van der Waals surface area contributed by atoms with Crippen molar-refractivity contribution in [3.8, 4) is 11.4 Å². The Hall–Kier alpha value is -2.95. The fourth-order valence-electron chi connectivity index (χ4n) is 2.13. The number of imidazole rings is 1. The number of ether oxygens (including phenoxy) is 1. The van der Waals surface area contributed by atoms with Crippen LogP contribution in [0, 0.1) is 0 Å². The van der Waals surface area contributed by atoms with Crippen molar-refractivity contribution in [1.29, 1.82) is 0 Å². The predicted molar refractivity (Wildman–Crippen MR) is 92.7 cm³/mol. The van der Waals surface area contributed by atoms with Crippen LogP contribution in [0.15, 0.2) is 41.0 Å². The number of carbonyl (C=O) groups excluding carboxylic acids is 2. The Kier molecular flexibility index (Phi) is 5.13. The van der Waals surface area contributed by atoms with Gasteiger partial charge in [0, 0.05) is 21.9 Å². The van der Waals surface area contributed by atoms with Gasteiger partial charge in [0.05, 0.1) is 5.52 Å². The molecular formula is C16H10BrF3N4O3. The number of pyridine rings is 1. The monoisotopic (exact) mass is 442 g/mol. The summed E-state index contributed by atoms with van der Waals surface area (Å²) in [6, 6.07) is 8.22. The van der Waals surface area contributed by atoms with Crippen LogP contribution in [0.4, 0.5) is 18.9 Å². The van der Waals surface area contributed by atoms with Crippen molar-refractivity contribution in [2.45, 2.75) is 6.18 Å². The highest BCUT2D eigenvalue weighted by Crippen LogP contribution is 2.23. The topological polar surface area (TPSA) is 97.0 Å². The average molecular weight is 443 g/mol. The molecule has 0 aliphatic rings. The van der Waals surface area contributed by atoms with Crippen molar-refractivity contribution < 1.29 is 27.5 Å². The van der Waals surface area contributed by atoms with Gasteiger partial charge in [0.15, 0.2) is 12.3 Å². The van der Waals surface area contributed by atoms with E-state index in [1.807, 2.05) is 6.07 Å². The number of hydrogen-bond acceptors (Lipinski definition) is 5. The van der Waals surface area contributed by atoms with E-state index in [1.54, 1.807) is 18.3 Å². The maximum absolute atomic E-state index is 12.0. The molecule has 0 fully saturated rings. The van der Waals surface area contributed by atoms with Gasteiger partial charge < -0.3 is 15.0 Å². The molecule has 11 heteroatoms. The van der Waals surface area contributed by atoms with Crippen LogP contribution in [-0.4, -0.2) is 39.6 Å². The number of amides is 1. The van der Waals surface area contributed by atoms with Crippen LogP contribution in [0.2, 0.25) is 0 Å². The summed E-state index contributed by atoms with van der Waals surface area (Å²) in [5, 5.41) is 2.33. The molecule has 27 heavy (non-hydrogen) atoms. The number of halogens is 4. The number of esters is 1. The summed E-state index contributed by atoms with van der Waals surface area (Å²) in [7, 11) is 0. The van der Waals surface area contributed by atoms with E-state index < -0.39 is 24.7 Å². The Morgan fingerprint density at radius 1 is 1.22 bits per heavy atom. The molecule has 0 atom stereocenters. The fraction of sp³-hybridized carbons (Fsp3) is 0.125. The van der Waals surface area contributed by atoms with Crippen LogP contribution in [0.3, 0.4) is 0 Å². The third-order valence-corrected chi connectivity index (χ3v) is 3.75. The van der Waals surface area contributed by atoms with Gasteiger partial charge in [-0.05, 0) is 46.3 Å². The fourth-order valence-corrected chi connectivity index (χ4v) is 2.46. The second-order valence-electron chi connectivity index (χ2n) is 5.31. The second-order valence-corrected chi connectivity index (χ2v) is 6.23. The molecule has 0 saturated heterocycles. The molecule has 1 amide bonds. The molecule has 0 saturated carbocycles. The molecule has 2 N–H and O–H groups in total. The molecule has 0 bridgehead atoms. The van der Waals surface area contributed by atoms with Gasteiger partial charge in [0.2, 0.25) is 0 Å². The molecule has 0 spiro atoms. The summed E-state index contributed by atoms with van der Waals surface area (Å²) in [6.45, 7) is -1.04. The zero-order valence-corrected chi connectivity index (χ0v) is 14.9. The number of nitrogens with one attached hydrogen (secondary N) is 2. The number of aromatic amines is 1. The number of anilines is 1. The Labute approximate surface area is 158 Å². The van der Waals surface area contributed by atoms with Crippen molar-refractivity contribution in [2.75, 3.05) is 11.9 Å². The minimum atomic E-state index is -5.14. The molecule has 0 aliphatic carbocycles. The SMILES string of the molecule is O=C(COC(=O)C(F)(F)F)Nc1ccc(-c2nc3ncc(Br)cc3[nH]2)cc1. The van der Waals surface area contributed by atoms with Crippen molar-refractivity contribution in [3.63, 3.8) is 0 Å². The lowest BCUT2D eigenvalue weighted by Crippen LogP contribution is -2.29. The Morgan fingerprint density at radius 3 is 2.59 bits per heavy atom. The molecule has 0 radical (unpaired) electrons. The molecule has 3 rings (SSSR count). The maximum Gasteiger partial charge on any atom is 0.490 e. The first-order chi connectivity index (χ1) is 12.7. The first-order valence-corrected chi connectivity index (χ1v) is 8.17. The first kappa shape index (κ1) is 18.8. The molecule has 1 aromatic carbocycles. The summed E-state index contributed by atoms with van der Waals surface area (Å²) < 4.78 is 40.7. The zero-order chi connectivity index (χ0) is 19.6. The van der Waals surface area contributed by atoms with E-state index in [2.05, 4.69) is 40.9 Å². The lowest BCUT2D eigenvalue weighted by atomic mass is 10.2. The van der Waals surface area contributed by atoms with Crippen molar-refractivity contribution >= 4 is 44.7 Å². The maximum atomic E-state index is 12.0. The van der Waals surface area contributed by atoms with Gasteiger partial charge in [0.25, 0.3) is 5.91 Å². The molecule has 7 nitrogen and oxygen atoms in total. The first-order valence-electron chi connectivity index (χ1n) is 7.38. The highest BCUT2D eigenvalue weighted by Gasteiger charge is 2.41. The van der Waals surface area contributed by atoms with Crippen LogP contribution in [-0.2, 0) is 14.3 Å². The van der Waals surface area contributed by atoms with Crippen LogP contribution in [0.25, 0.3) is 22.6 Å². The lowest BCUT2D eigenvalue weighted by molar-refractivity contribution is -0.199. The van der Waals surface area contributed by atoms with Gasteiger partial charge in [0.1, 0.15) is 5.82 Å². The summed E-state index contributed by atoms with van der Waals surface area (Å²) in [5.74, 6) is -2.75. The van der Waals surface area contributed by atoms with Gasteiger partial charge in [-0.3, -0.25) is 4.79 Å². The van der Waals surface area contributed by atoms with Crippen LogP contribution in [0.1, 0.15) is 0 Å². The number of alkyl halides is 3. The zero-order valence-electron chi connectivity index (χ0n) is 13.3. The van der Waals surface area contributed by atoms with Gasteiger partial charge in [-0.2, -0.15) is 13.2 Å². The summed E-state index contributed by atoms with van der Waals surface area (Å²) in [5.41, 5.74) is 2.31. The number of fused-ring (bicyclic) bond motifs is 1. The molecule has 140 valence electrons. The summed E-state index contributed by atoms with van der Waals surface area (Å²) >= 11 is 3.32. The minimum absolute atomic E-state index is 0.323. The quantitative estimate of drug-likeness (QED) is 0.603. The number of H-pyrrole nitrogens is 1. The minimum Gasteiger partial charge on any atom is -0.449 e. The largest absolute Gasteiger partial charge is 0.490 e. The standard InChI is InChI=1S/C16H10BrF3N4O3/c17-9-5-11-14(21-6-9)24-13(23-11)8-1-3-10(4-2-8)22-12(25)7-27-15(26)16(18,19)20/h1-6H,7H2,(H,22,25)(H,21,23,24). The summed E-state index contributed by atoms with van der Waals surface area (Å²) in [6.07, 6.45) is -3.52. The molecule has 0 aliphatic heterocycles.